The fourth-order valence-corrected chi connectivity index (χ4v) is 3.84. The van der Waals surface area contributed by atoms with Gasteiger partial charge in [-0.15, -0.1) is 0 Å². The molecule has 0 spiro atoms. The van der Waals surface area contributed by atoms with Crippen molar-refractivity contribution in [3.05, 3.63) is 23.9 Å². The molecular weight excluding hydrogens is 266 g/mol. The molecule has 7 heteroatoms. The van der Waals surface area contributed by atoms with Gasteiger partial charge in [0.05, 0.1) is 16.6 Å². The van der Waals surface area contributed by atoms with Crippen LogP contribution in [-0.2, 0) is 9.84 Å². The Morgan fingerprint density at radius 2 is 2.26 bits per heavy atom. The summed E-state index contributed by atoms with van der Waals surface area (Å²) in [5.41, 5.74) is 0.425. The van der Waals surface area contributed by atoms with Crippen molar-refractivity contribution in [3.63, 3.8) is 0 Å². The summed E-state index contributed by atoms with van der Waals surface area (Å²) in [6.45, 7) is 0.176. The molecule has 6 nitrogen and oxygen atoms in total. The van der Waals surface area contributed by atoms with Gasteiger partial charge in [0, 0.05) is 19.8 Å². The largest absolute Gasteiger partial charge is 0.373 e. The fraction of sp³-hybridized carbons (Fsp3) is 0.500. The number of rotatable bonds is 4. The molecular formula is C12H17N3O3S. The smallest absolute Gasteiger partial charge is 0.252 e. The number of nitrogens with zero attached hydrogens (tertiary/aromatic N) is 1. The second-order valence-corrected chi connectivity index (χ2v) is 6.92. The molecule has 0 aromatic carbocycles. The van der Waals surface area contributed by atoms with Crippen LogP contribution in [0.5, 0.6) is 0 Å². The molecule has 2 rings (SSSR count). The summed E-state index contributed by atoms with van der Waals surface area (Å²) >= 11 is 0. The molecule has 1 fully saturated rings. The first-order valence-corrected chi connectivity index (χ1v) is 7.88. The number of carbonyl (C=O) groups excluding carboxylic acids is 1. The Labute approximate surface area is 112 Å². The molecule has 0 saturated carbocycles. The first-order chi connectivity index (χ1) is 9.03. The third-order valence-corrected chi connectivity index (χ3v) is 5.51. The Hall–Kier alpha value is -1.63. The minimum atomic E-state index is -3.02. The first-order valence-electron chi connectivity index (χ1n) is 6.16. The number of hydrogen-bond donors (Lipinski definition) is 2. The lowest BCUT2D eigenvalue weighted by molar-refractivity contribution is 0.0953. The van der Waals surface area contributed by atoms with E-state index in [2.05, 4.69) is 15.6 Å². The lowest BCUT2D eigenvalue weighted by Gasteiger charge is -2.10. The fourth-order valence-electron chi connectivity index (χ4n) is 2.07. The number of hydrogen-bond acceptors (Lipinski definition) is 5. The van der Waals surface area contributed by atoms with Crippen LogP contribution in [0.4, 0.5) is 5.82 Å². The van der Waals surface area contributed by atoms with Crippen molar-refractivity contribution in [2.75, 3.05) is 24.7 Å². The quantitative estimate of drug-likeness (QED) is 0.836. The topological polar surface area (TPSA) is 88.2 Å². The van der Waals surface area contributed by atoms with E-state index >= 15 is 0 Å². The molecule has 1 unspecified atom stereocenters. The minimum Gasteiger partial charge on any atom is -0.373 e. The van der Waals surface area contributed by atoms with Crippen molar-refractivity contribution in [1.29, 1.82) is 0 Å². The lowest BCUT2D eigenvalue weighted by Crippen LogP contribution is -2.34. The van der Waals surface area contributed by atoms with Gasteiger partial charge in [-0.25, -0.2) is 13.4 Å². The van der Waals surface area contributed by atoms with Crippen LogP contribution in [0, 0.1) is 0 Å². The number of sulfone groups is 1. The van der Waals surface area contributed by atoms with Gasteiger partial charge in [-0.05, 0) is 25.0 Å². The maximum atomic E-state index is 11.8. The first kappa shape index (κ1) is 13.8. The average Bonchev–Trinajstić information content (AvgIpc) is 2.75. The van der Waals surface area contributed by atoms with Crippen molar-refractivity contribution < 1.29 is 13.2 Å². The van der Waals surface area contributed by atoms with Crippen molar-refractivity contribution in [1.82, 2.24) is 10.3 Å². The Morgan fingerprint density at radius 3 is 2.79 bits per heavy atom. The van der Waals surface area contributed by atoms with Crippen LogP contribution in [0.15, 0.2) is 18.3 Å². The highest BCUT2D eigenvalue weighted by Gasteiger charge is 2.31. The zero-order chi connectivity index (χ0) is 13.9. The number of amides is 1. The minimum absolute atomic E-state index is 0.176. The highest BCUT2D eigenvalue weighted by Crippen LogP contribution is 2.19. The van der Waals surface area contributed by atoms with Crippen LogP contribution in [0.2, 0.25) is 0 Å². The summed E-state index contributed by atoms with van der Waals surface area (Å²) in [7, 11) is -1.27. The number of pyridine rings is 1. The number of anilines is 1. The van der Waals surface area contributed by atoms with E-state index < -0.39 is 15.1 Å². The molecule has 1 aromatic rings. The highest BCUT2D eigenvalue weighted by atomic mass is 32.2. The van der Waals surface area contributed by atoms with Crippen molar-refractivity contribution >= 4 is 21.6 Å². The zero-order valence-electron chi connectivity index (χ0n) is 10.7. The standard InChI is InChI=1S/C12H17N3O3S/c1-13-11-5-4-9(7-14-11)12(16)15-8-10-3-2-6-19(10,17)18/h4-5,7,10H,2-3,6,8H2,1H3,(H,13,14)(H,15,16). The molecule has 0 radical (unpaired) electrons. The molecule has 1 saturated heterocycles. The molecule has 19 heavy (non-hydrogen) atoms. The van der Waals surface area contributed by atoms with E-state index in [9.17, 15) is 13.2 Å². The van der Waals surface area contributed by atoms with Crippen molar-refractivity contribution in [2.24, 2.45) is 0 Å². The van der Waals surface area contributed by atoms with E-state index in [1.54, 1.807) is 19.2 Å². The van der Waals surface area contributed by atoms with Gasteiger partial charge in [-0.1, -0.05) is 0 Å². The third-order valence-electron chi connectivity index (χ3n) is 3.23. The monoisotopic (exact) mass is 283 g/mol. The third kappa shape index (κ3) is 3.23. The molecule has 104 valence electrons. The van der Waals surface area contributed by atoms with Crippen molar-refractivity contribution in [3.8, 4) is 0 Å². The average molecular weight is 283 g/mol. The molecule has 1 amide bonds. The summed E-state index contributed by atoms with van der Waals surface area (Å²) in [6.07, 6.45) is 2.77. The second-order valence-electron chi connectivity index (χ2n) is 4.52. The van der Waals surface area contributed by atoms with Crippen LogP contribution in [0.3, 0.4) is 0 Å². The number of nitrogens with one attached hydrogen (secondary N) is 2. The van der Waals surface area contributed by atoms with E-state index in [4.69, 9.17) is 0 Å². The van der Waals surface area contributed by atoms with E-state index in [1.165, 1.54) is 6.20 Å². The number of aromatic nitrogens is 1. The summed E-state index contributed by atoms with van der Waals surface area (Å²) in [4.78, 5) is 15.9. The predicted octanol–water partition coefficient (Wildman–Crippen LogP) is 0.430. The van der Waals surface area contributed by atoms with Crippen LogP contribution >= 0.6 is 0 Å². The van der Waals surface area contributed by atoms with Gasteiger partial charge >= 0.3 is 0 Å². The molecule has 1 atom stereocenters. The van der Waals surface area contributed by atoms with Crippen molar-refractivity contribution in [2.45, 2.75) is 18.1 Å². The molecule has 2 heterocycles. The van der Waals surface area contributed by atoms with Gasteiger partial charge in [0.25, 0.3) is 5.91 Å². The van der Waals surface area contributed by atoms with E-state index in [-0.39, 0.29) is 18.2 Å². The van der Waals surface area contributed by atoms with Crippen LogP contribution in [0.25, 0.3) is 0 Å². The molecule has 0 aliphatic carbocycles. The predicted molar refractivity (Wildman–Crippen MR) is 72.9 cm³/mol. The molecule has 1 aliphatic heterocycles. The van der Waals surface area contributed by atoms with E-state index in [0.717, 1.165) is 0 Å². The second kappa shape index (κ2) is 5.56. The van der Waals surface area contributed by atoms with E-state index in [1.807, 2.05) is 0 Å². The molecule has 2 N–H and O–H groups in total. The van der Waals surface area contributed by atoms with Gasteiger partial charge in [-0.3, -0.25) is 4.79 Å². The van der Waals surface area contributed by atoms with Gasteiger partial charge < -0.3 is 10.6 Å². The van der Waals surface area contributed by atoms with E-state index in [0.29, 0.717) is 24.2 Å². The molecule has 0 bridgehead atoms. The van der Waals surface area contributed by atoms with Crippen LogP contribution < -0.4 is 10.6 Å². The summed E-state index contributed by atoms with van der Waals surface area (Å²) in [6, 6.07) is 3.35. The summed E-state index contributed by atoms with van der Waals surface area (Å²) in [5, 5.41) is 5.07. The maximum absolute atomic E-state index is 11.8. The van der Waals surface area contributed by atoms with Crippen LogP contribution in [0.1, 0.15) is 23.2 Å². The lowest BCUT2D eigenvalue weighted by atomic mass is 10.2. The zero-order valence-corrected chi connectivity index (χ0v) is 11.5. The Kier molecular flexibility index (Phi) is 4.04. The summed E-state index contributed by atoms with van der Waals surface area (Å²) < 4.78 is 23.2. The highest BCUT2D eigenvalue weighted by molar-refractivity contribution is 7.92. The molecule has 1 aromatic heterocycles. The summed E-state index contributed by atoms with van der Waals surface area (Å²) in [5.74, 6) is 0.610. The number of carbonyl (C=O) groups is 1. The van der Waals surface area contributed by atoms with Gasteiger partial charge in [0.15, 0.2) is 9.84 Å². The van der Waals surface area contributed by atoms with Crippen LogP contribution in [-0.4, -0.2) is 43.9 Å². The Balaban J connectivity index is 1.94. The Bertz CT molecular complexity index is 554. The molecule has 1 aliphatic rings. The van der Waals surface area contributed by atoms with Gasteiger partial charge in [0.1, 0.15) is 5.82 Å². The Morgan fingerprint density at radius 1 is 1.47 bits per heavy atom. The van der Waals surface area contributed by atoms with Gasteiger partial charge in [-0.2, -0.15) is 0 Å². The normalized spacial score (nSPS) is 21.0. The SMILES string of the molecule is CNc1ccc(C(=O)NCC2CCCS2(=O)=O)cn1. The van der Waals surface area contributed by atoms with Gasteiger partial charge in [0.2, 0.25) is 0 Å². The maximum Gasteiger partial charge on any atom is 0.252 e.